The third-order valence-electron chi connectivity index (χ3n) is 4.85. The minimum Gasteiger partial charge on any atom is -0.454 e. The first-order valence-corrected chi connectivity index (χ1v) is 8.87. The van der Waals surface area contributed by atoms with Crippen LogP contribution in [-0.4, -0.2) is 27.5 Å². The molecule has 136 valence electrons. The largest absolute Gasteiger partial charge is 0.454 e. The number of rotatable bonds is 2. The minimum atomic E-state index is -0.263. The van der Waals surface area contributed by atoms with Gasteiger partial charge in [-0.05, 0) is 23.8 Å². The molecule has 7 nitrogen and oxygen atoms in total. The highest BCUT2D eigenvalue weighted by atomic mass is 35.5. The lowest BCUT2D eigenvalue weighted by Crippen LogP contribution is -2.24. The van der Waals surface area contributed by atoms with Crippen molar-refractivity contribution < 1.29 is 14.3 Å². The summed E-state index contributed by atoms with van der Waals surface area (Å²) in [6.07, 6.45) is 1.98. The average Bonchev–Trinajstić information content (AvgIpc) is 3.25. The van der Waals surface area contributed by atoms with Crippen molar-refractivity contribution in [3.8, 4) is 22.9 Å². The molecule has 0 bridgehead atoms. The Hall–Kier alpha value is -3.06. The third kappa shape index (κ3) is 2.54. The van der Waals surface area contributed by atoms with Crippen molar-refractivity contribution in [3.63, 3.8) is 0 Å². The van der Waals surface area contributed by atoms with Gasteiger partial charge in [0.2, 0.25) is 12.7 Å². The van der Waals surface area contributed by atoms with E-state index in [1.165, 1.54) is 0 Å². The molecule has 0 saturated heterocycles. The van der Waals surface area contributed by atoms with Crippen molar-refractivity contribution >= 4 is 23.3 Å². The number of carbonyl (C=O) groups is 1. The normalized spacial score (nSPS) is 17.6. The first-order valence-electron chi connectivity index (χ1n) is 8.49. The quantitative estimate of drug-likeness (QED) is 0.735. The molecule has 0 fully saturated rings. The van der Waals surface area contributed by atoms with Crippen molar-refractivity contribution in [3.05, 3.63) is 52.7 Å². The molecule has 8 heteroatoms. The Morgan fingerprint density at radius 1 is 1.26 bits per heavy atom. The number of aromatic nitrogens is 3. The summed E-state index contributed by atoms with van der Waals surface area (Å²) >= 11 is 6.55. The van der Waals surface area contributed by atoms with Crippen LogP contribution >= 0.6 is 11.6 Å². The summed E-state index contributed by atoms with van der Waals surface area (Å²) in [6.45, 7) is 0.164. The molecule has 2 aliphatic heterocycles. The van der Waals surface area contributed by atoms with E-state index in [2.05, 4.69) is 15.4 Å². The van der Waals surface area contributed by atoms with Crippen LogP contribution in [0.4, 0.5) is 5.82 Å². The lowest BCUT2D eigenvalue weighted by atomic mass is 9.84. The Bertz CT molecular complexity index is 1060. The van der Waals surface area contributed by atoms with Gasteiger partial charge in [0.1, 0.15) is 11.5 Å². The highest BCUT2D eigenvalue weighted by molar-refractivity contribution is 6.31. The zero-order valence-electron chi connectivity index (χ0n) is 14.4. The number of pyridine rings is 1. The summed E-state index contributed by atoms with van der Waals surface area (Å²) in [4.78, 5) is 16.8. The van der Waals surface area contributed by atoms with Gasteiger partial charge in [0.25, 0.3) is 0 Å². The SMILES string of the molecule is Cn1nc(-c2ccccn2)c2c1NC(=O)CC2c1cc2c(cc1Cl)OCO2. The maximum atomic E-state index is 12.4. The molecule has 1 N–H and O–H groups in total. The number of aryl methyl sites for hydroxylation is 1. The predicted molar refractivity (Wildman–Crippen MR) is 99.1 cm³/mol. The van der Waals surface area contributed by atoms with Gasteiger partial charge in [-0.1, -0.05) is 17.7 Å². The van der Waals surface area contributed by atoms with Gasteiger partial charge in [-0.25, -0.2) is 0 Å². The zero-order chi connectivity index (χ0) is 18.5. The first kappa shape index (κ1) is 16.1. The molecule has 0 saturated carbocycles. The lowest BCUT2D eigenvalue weighted by molar-refractivity contribution is -0.116. The fraction of sp³-hybridized carbons (Fsp3) is 0.211. The monoisotopic (exact) mass is 382 g/mol. The number of halogens is 1. The van der Waals surface area contributed by atoms with Crippen molar-refractivity contribution in [2.75, 3.05) is 12.1 Å². The highest BCUT2D eigenvalue weighted by Gasteiger charge is 2.35. The molecule has 0 aliphatic carbocycles. The average molecular weight is 383 g/mol. The summed E-state index contributed by atoms with van der Waals surface area (Å²) in [7, 11) is 1.80. The highest BCUT2D eigenvalue weighted by Crippen LogP contribution is 2.47. The van der Waals surface area contributed by atoms with Crippen LogP contribution in [0.2, 0.25) is 5.02 Å². The molecule has 1 unspecified atom stereocenters. The van der Waals surface area contributed by atoms with E-state index in [0.29, 0.717) is 22.3 Å². The molecule has 0 radical (unpaired) electrons. The third-order valence-corrected chi connectivity index (χ3v) is 5.18. The minimum absolute atomic E-state index is 0.0863. The Morgan fingerprint density at radius 3 is 2.85 bits per heavy atom. The molecule has 1 atom stereocenters. The number of anilines is 1. The number of ether oxygens (including phenoxy) is 2. The Balaban J connectivity index is 1.72. The van der Waals surface area contributed by atoms with Crippen LogP contribution < -0.4 is 14.8 Å². The van der Waals surface area contributed by atoms with Gasteiger partial charge in [-0.15, -0.1) is 0 Å². The van der Waals surface area contributed by atoms with Gasteiger partial charge in [0.05, 0.1) is 5.69 Å². The summed E-state index contributed by atoms with van der Waals surface area (Å²) < 4.78 is 12.6. The summed E-state index contributed by atoms with van der Waals surface area (Å²) in [5.74, 6) is 1.55. The molecule has 0 spiro atoms. The number of nitrogens with zero attached hydrogens (tertiary/aromatic N) is 3. The van der Waals surface area contributed by atoms with Gasteiger partial charge in [0.15, 0.2) is 11.5 Å². The number of hydrogen-bond acceptors (Lipinski definition) is 5. The van der Waals surface area contributed by atoms with E-state index in [4.69, 9.17) is 21.1 Å². The van der Waals surface area contributed by atoms with Crippen LogP contribution in [0.3, 0.4) is 0 Å². The second-order valence-electron chi connectivity index (χ2n) is 6.48. The maximum absolute atomic E-state index is 12.4. The lowest BCUT2D eigenvalue weighted by Gasteiger charge is -2.25. The van der Waals surface area contributed by atoms with E-state index in [0.717, 1.165) is 22.5 Å². The smallest absolute Gasteiger partial charge is 0.231 e. The number of fused-ring (bicyclic) bond motifs is 2. The Kier molecular flexibility index (Phi) is 3.58. The number of nitrogens with one attached hydrogen (secondary N) is 1. The summed E-state index contributed by atoms with van der Waals surface area (Å²) in [6, 6.07) is 9.26. The zero-order valence-corrected chi connectivity index (χ0v) is 15.2. The molecular weight excluding hydrogens is 368 g/mol. The van der Waals surface area contributed by atoms with Crippen LogP contribution in [0.25, 0.3) is 11.4 Å². The molecule has 1 aromatic carbocycles. The number of carbonyl (C=O) groups excluding carboxylic acids is 1. The Labute approximate surface area is 159 Å². The van der Waals surface area contributed by atoms with E-state index >= 15 is 0 Å². The first-order chi connectivity index (χ1) is 13.1. The standard InChI is InChI=1S/C19H15ClN4O3/c1-24-19-17(18(23-24)13-4-2-3-5-21-13)11(7-16(25)22-19)10-6-14-15(8-12(10)20)27-9-26-14/h2-6,8,11H,7,9H2,1H3,(H,22,25). The van der Waals surface area contributed by atoms with Gasteiger partial charge >= 0.3 is 0 Å². The Morgan fingerprint density at radius 2 is 2.07 bits per heavy atom. The topological polar surface area (TPSA) is 78.3 Å². The molecule has 1 amide bonds. The molecule has 2 aliphatic rings. The van der Waals surface area contributed by atoms with Crippen LogP contribution in [0, 0.1) is 0 Å². The van der Waals surface area contributed by atoms with Crippen molar-refractivity contribution in [1.29, 1.82) is 0 Å². The number of benzene rings is 1. The molecule has 2 aromatic heterocycles. The van der Waals surface area contributed by atoms with Crippen molar-refractivity contribution in [2.24, 2.45) is 7.05 Å². The van der Waals surface area contributed by atoms with Crippen molar-refractivity contribution in [2.45, 2.75) is 12.3 Å². The fourth-order valence-electron chi connectivity index (χ4n) is 3.65. The molecule has 4 heterocycles. The maximum Gasteiger partial charge on any atom is 0.231 e. The molecular formula is C19H15ClN4O3. The van der Waals surface area contributed by atoms with E-state index in [1.807, 2.05) is 24.3 Å². The molecule has 3 aromatic rings. The molecule has 5 rings (SSSR count). The second kappa shape index (κ2) is 5.99. The van der Waals surface area contributed by atoms with Crippen LogP contribution in [0.15, 0.2) is 36.5 Å². The molecule has 27 heavy (non-hydrogen) atoms. The van der Waals surface area contributed by atoms with E-state index in [1.54, 1.807) is 24.0 Å². The second-order valence-corrected chi connectivity index (χ2v) is 6.89. The van der Waals surface area contributed by atoms with Gasteiger partial charge in [-0.2, -0.15) is 5.10 Å². The van der Waals surface area contributed by atoms with Crippen LogP contribution in [0.5, 0.6) is 11.5 Å². The van der Waals surface area contributed by atoms with Crippen LogP contribution in [-0.2, 0) is 11.8 Å². The van der Waals surface area contributed by atoms with Crippen molar-refractivity contribution in [1.82, 2.24) is 14.8 Å². The van der Waals surface area contributed by atoms with Gasteiger partial charge in [0, 0.05) is 42.2 Å². The predicted octanol–water partition coefficient (Wildman–Crippen LogP) is 3.34. The van der Waals surface area contributed by atoms with Gasteiger partial charge < -0.3 is 14.8 Å². The van der Waals surface area contributed by atoms with E-state index in [-0.39, 0.29) is 25.0 Å². The number of hydrogen-bond donors (Lipinski definition) is 1. The summed E-state index contributed by atoms with van der Waals surface area (Å²) in [5.41, 5.74) is 3.18. The van der Waals surface area contributed by atoms with Gasteiger partial charge in [-0.3, -0.25) is 14.5 Å². The van der Waals surface area contributed by atoms with Crippen LogP contribution in [0.1, 0.15) is 23.5 Å². The van der Waals surface area contributed by atoms with E-state index in [9.17, 15) is 4.79 Å². The fourth-order valence-corrected chi connectivity index (χ4v) is 3.93. The summed E-state index contributed by atoms with van der Waals surface area (Å²) in [5, 5.41) is 8.07. The van der Waals surface area contributed by atoms with E-state index < -0.39 is 0 Å². The number of amides is 1.